The smallest absolute Gasteiger partial charge is 0.122 e. The molecule has 0 saturated carbocycles. The molecular formula is C21H23NO2. The van der Waals surface area contributed by atoms with Gasteiger partial charge in [0.1, 0.15) is 11.5 Å². The molecule has 0 aliphatic rings. The normalized spacial score (nSPS) is 12.1. The van der Waals surface area contributed by atoms with E-state index in [4.69, 9.17) is 15.2 Å². The third-order valence-electron chi connectivity index (χ3n) is 4.50. The summed E-state index contributed by atoms with van der Waals surface area (Å²) < 4.78 is 10.9. The number of hydrogen-bond acceptors (Lipinski definition) is 3. The van der Waals surface area contributed by atoms with Gasteiger partial charge >= 0.3 is 0 Å². The van der Waals surface area contributed by atoms with Gasteiger partial charge in [0, 0.05) is 5.92 Å². The van der Waals surface area contributed by atoms with E-state index in [9.17, 15) is 0 Å². The van der Waals surface area contributed by atoms with Crippen LogP contribution in [0.25, 0.3) is 10.8 Å². The molecular weight excluding hydrogens is 298 g/mol. The zero-order chi connectivity index (χ0) is 16.9. The number of hydrogen-bond donors (Lipinski definition) is 1. The maximum absolute atomic E-state index is 6.13. The number of fused-ring (bicyclic) bond motifs is 1. The van der Waals surface area contributed by atoms with Gasteiger partial charge in [-0.25, -0.2) is 0 Å². The highest BCUT2D eigenvalue weighted by molar-refractivity contribution is 5.86. The lowest BCUT2D eigenvalue weighted by Crippen LogP contribution is -2.16. The molecule has 0 spiro atoms. The van der Waals surface area contributed by atoms with Gasteiger partial charge < -0.3 is 15.2 Å². The zero-order valence-electron chi connectivity index (χ0n) is 14.2. The van der Waals surface area contributed by atoms with Gasteiger partial charge in [0.05, 0.1) is 14.2 Å². The minimum Gasteiger partial charge on any atom is -0.497 e. The third-order valence-corrected chi connectivity index (χ3v) is 4.50. The van der Waals surface area contributed by atoms with Gasteiger partial charge in [-0.05, 0) is 53.1 Å². The monoisotopic (exact) mass is 321 g/mol. The average Bonchev–Trinajstić information content (AvgIpc) is 2.65. The summed E-state index contributed by atoms with van der Waals surface area (Å²) >= 11 is 0. The maximum Gasteiger partial charge on any atom is 0.122 e. The summed E-state index contributed by atoms with van der Waals surface area (Å²) in [7, 11) is 3.37. The van der Waals surface area contributed by atoms with Crippen LogP contribution in [0.4, 0.5) is 0 Å². The zero-order valence-corrected chi connectivity index (χ0v) is 14.2. The Morgan fingerprint density at radius 1 is 0.917 bits per heavy atom. The minimum atomic E-state index is 0.220. The van der Waals surface area contributed by atoms with Crippen LogP contribution in [0.15, 0.2) is 60.7 Å². The van der Waals surface area contributed by atoms with Crippen molar-refractivity contribution in [2.75, 3.05) is 20.8 Å². The number of methoxy groups -OCH3 is 2. The predicted octanol–water partition coefficient (Wildman–Crippen LogP) is 4.14. The van der Waals surface area contributed by atoms with Gasteiger partial charge in [-0.1, -0.05) is 42.5 Å². The SMILES string of the molecule is COc1ccc(OC)c(CC(CN)c2cccc3ccccc23)c1. The highest BCUT2D eigenvalue weighted by Crippen LogP contribution is 2.32. The number of ether oxygens (including phenoxy) is 2. The van der Waals surface area contributed by atoms with E-state index in [2.05, 4.69) is 42.5 Å². The van der Waals surface area contributed by atoms with E-state index >= 15 is 0 Å². The fourth-order valence-electron chi connectivity index (χ4n) is 3.23. The van der Waals surface area contributed by atoms with Crippen LogP contribution in [-0.4, -0.2) is 20.8 Å². The quantitative estimate of drug-likeness (QED) is 0.742. The van der Waals surface area contributed by atoms with E-state index in [1.807, 2.05) is 18.2 Å². The molecule has 2 N–H and O–H groups in total. The van der Waals surface area contributed by atoms with Crippen LogP contribution < -0.4 is 15.2 Å². The maximum atomic E-state index is 6.13. The molecule has 3 aromatic carbocycles. The molecule has 3 rings (SSSR count). The van der Waals surface area contributed by atoms with Crippen molar-refractivity contribution in [1.82, 2.24) is 0 Å². The van der Waals surface area contributed by atoms with Crippen LogP contribution in [0.5, 0.6) is 11.5 Å². The average molecular weight is 321 g/mol. The van der Waals surface area contributed by atoms with Crippen LogP contribution in [0.1, 0.15) is 17.0 Å². The first-order chi connectivity index (χ1) is 11.8. The molecule has 0 saturated heterocycles. The summed E-state index contributed by atoms with van der Waals surface area (Å²) in [4.78, 5) is 0. The van der Waals surface area contributed by atoms with Crippen molar-refractivity contribution in [3.8, 4) is 11.5 Å². The van der Waals surface area contributed by atoms with Crippen molar-refractivity contribution < 1.29 is 9.47 Å². The van der Waals surface area contributed by atoms with Crippen molar-refractivity contribution >= 4 is 10.8 Å². The first kappa shape index (κ1) is 16.3. The lowest BCUT2D eigenvalue weighted by atomic mass is 9.88. The molecule has 1 unspecified atom stereocenters. The summed E-state index contributed by atoms with van der Waals surface area (Å²) in [6.07, 6.45) is 0.810. The van der Waals surface area contributed by atoms with Crippen LogP contribution in [0.3, 0.4) is 0 Å². The molecule has 3 heteroatoms. The van der Waals surface area contributed by atoms with Gasteiger partial charge in [-0.3, -0.25) is 0 Å². The molecule has 0 aromatic heterocycles. The molecule has 3 aromatic rings. The molecule has 0 aliphatic carbocycles. The fraction of sp³-hybridized carbons (Fsp3) is 0.238. The van der Waals surface area contributed by atoms with E-state index in [-0.39, 0.29) is 5.92 Å². The van der Waals surface area contributed by atoms with Crippen molar-refractivity contribution in [1.29, 1.82) is 0 Å². The third kappa shape index (κ3) is 3.22. The van der Waals surface area contributed by atoms with Crippen molar-refractivity contribution in [3.05, 3.63) is 71.8 Å². The second-order valence-corrected chi connectivity index (χ2v) is 5.88. The standard InChI is InChI=1S/C21H23NO2/c1-23-18-10-11-21(24-2)16(13-18)12-17(14-22)20-9-5-7-15-6-3-4-8-19(15)20/h3-11,13,17H,12,14,22H2,1-2H3. The highest BCUT2D eigenvalue weighted by atomic mass is 16.5. The van der Waals surface area contributed by atoms with Gasteiger partial charge in [0.15, 0.2) is 0 Å². The molecule has 24 heavy (non-hydrogen) atoms. The van der Waals surface area contributed by atoms with E-state index in [1.54, 1.807) is 14.2 Å². The van der Waals surface area contributed by atoms with Gasteiger partial charge in [0.2, 0.25) is 0 Å². The number of benzene rings is 3. The molecule has 0 aliphatic heterocycles. The topological polar surface area (TPSA) is 44.5 Å². The van der Waals surface area contributed by atoms with Gasteiger partial charge in [-0.15, -0.1) is 0 Å². The van der Waals surface area contributed by atoms with E-state index in [0.29, 0.717) is 6.54 Å². The lowest BCUT2D eigenvalue weighted by Gasteiger charge is -2.19. The Balaban J connectivity index is 2.00. The van der Waals surface area contributed by atoms with Crippen LogP contribution >= 0.6 is 0 Å². The highest BCUT2D eigenvalue weighted by Gasteiger charge is 2.16. The van der Waals surface area contributed by atoms with Gasteiger partial charge in [0.25, 0.3) is 0 Å². The van der Waals surface area contributed by atoms with E-state index in [1.165, 1.54) is 16.3 Å². The van der Waals surface area contributed by atoms with Crippen molar-refractivity contribution in [3.63, 3.8) is 0 Å². The molecule has 0 amide bonds. The van der Waals surface area contributed by atoms with Crippen LogP contribution in [-0.2, 0) is 6.42 Å². The van der Waals surface area contributed by atoms with Crippen molar-refractivity contribution in [2.24, 2.45) is 5.73 Å². The molecule has 1 atom stereocenters. The Kier molecular flexibility index (Phi) is 5.02. The van der Waals surface area contributed by atoms with Crippen LogP contribution in [0.2, 0.25) is 0 Å². The second kappa shape index (κ2) is 7.37. The van der Waals surface area contributed by atoms with Gasteiger partial charge in [-0.2, -0.15) is 0 Å². The molecule has 0 radical (unpaired) electrons. The Bertz CT molecular complexity index is 824. The number of rotatable bonds is 6. The molecule has 3 nitrogen and oxygen atoms in total. The molecule has 0 bridgehead atoms. The Morgan fingerprint density at radius 3 is 2.46 bits per heavy atom. The lowest BCUT2D eigenvalue weighted by molar-refractivity contribution is 0.397. The summed E-state index contributed by atoms with van der Waals surface area (Å²) in [5.74, 6) is 1.92. The summed E-state index contributed by atoms with van der Waals surface area (Å²) in [5.41, 5.74) is 8.52. The summed E-state index contributed by atoms with van der Waals surface area (Å²) in [6, 6.07) is 20.7. The van der Waals surface area contributed by atoms with Crippen LogP contribution in [0, 0.1) is 0 Å². The number of nitrogens with two attached hydrogens (primary N) is 1. The van der Waals surface area contributed by atoms with E-state index < -0.39 is 0 Å². The van der Waals surface area contributed by atoms with Crippen molar-refractivity contribution in [2.45, 2.75) is 12.3 Å². The van der Waals surface area contributed by atoms with E-state index in [0.717, 1.165) is 23.5 Å². The molecule has 124 valence electrons. The Morgan fingerprint density at radius 2 is 1.71 bits per heavy atom. The predicted molar refractivity (Wildman–Crippen MR) is 99.0 cm³/mol. The Hall–Kier alpha value is -2.52. The fourth-order valence-corrected chi connectivity index (χ4v) is 3.23. The first-order valence-corrected chi connectivity index (χ1v) is 8.15. The molecule has 0 fully saturated rings. The summed E-state index contributed by atoms with van der Waals surface area (Å²) in [5, 5.41) is 2.50. The first-order valence-electron chi connectivity index (χ1n) is 8.15. The minimum absolute atomic E-state index is 0.220. The largest absolute Gasteiger partial charge is 0.497 e. The summed E-state index contributed by atoms with van der Waals surface area (Å²) in [6.45, 7) is 0.578. The molecule has 0 heterocycles. The Labute approximate surface area is 143 Å². The second-order valence-electron chi connectivity index (χ2n) is 5.88.